The minimum absolute atomic E-state index is 0.116. The average molecular weight is 281 g/mol. The average Bonchev–Trinajstić information content (AvgIpc) is 2.44. The topological polar surface area (TPSA) is 57.6 Å². The van der Waals surface area contributed by atoms with Gasteiger partial charge in [0.1, 0.15) is 5.82 Å². The molecule has 0 aliphatic heterocycles. The third kappa shape index (κ3) is 5.45. The molecule has 0 spiro atoms. The van der Waals surface area contributed by atoms with Crippen molar-refractivity contribution in [3.63, 3.8) is 0 Å². The molecular formula is C15H27N3O2. The highest BCUT2D eigenvalue weighted by Crippen LogP contribution is 2.17. The number of pyridine rings is 1. The first kappa shape index (κ1) is 16.9. The molecule has 20 heavy (non-hydrogen) atoms. The first-order valence-corrected chi connectivity index (χ1v) is 7.23. The number of aryl methyl sites for hydroxylation is 1. The number of aliphatic hydroxyl groups is 1. The number of hydrogen-bond acceptors (Lipinski definition) is 5. The smallest absolute Gasteiger partial charge is 0.131 e. The summed E-state index contributed by atoms with van der Waals surface area (Å²) in [5, 5.41) is 12.5. The summed E-state index contributed by atoms with van der Waals surface area (Å²) in [6, 6.07) is 2.15. The molecule has 114 valence electrons. The monoisotopic (exact) mass is 281 g/mol. The van der Waals surface area contributed by atoms with Crippen LogP contribution < -0.4 is 10.2 Å². The van der Waals surface area contributed by atoms with E-state index in [1.54, 1.807) is 7.11 Å². The summed E-state index contributed by atoms with van der Waals surface area (Å²) in [7, 11) is 1.68. The van der Waals surface area contributed by atoms with Gasteiger partial charge in [-0.05, 0) is 37.1 Å². The van der Waals surface area contributed by atoms with Crippen LogP contribution in [0.15, 0.2) is 12.3 Å². The minimum Gasteiger partial charge on any atom is -0.395 e. The Hall–Kier alpha value is -1.17. The van der Waals surface area contributed by atoms with Crippen LogP contribution >= 0.6 is 0 Å². The van der Waals surface area contributed by atoms with Gasteiger partial charge in [0.2, 0.25) is 0 Å². The Labute approximate surface area is 122 Å². The molecule has 0 amide bonds. The summed E-state index contributed by atoms with van der Waals surface area (Å²) in [5.74, 6) is 0.926. The van der Waals surface area contributed by atoms with Gasteiger partial charge in [-0.25, -0.2) is 4.98 Å². The Kier molecular flexibility index (Phi) is 8.18. The molecule has 1 aromatic rings. The van der Waals surface area contributed by atoms with Gasteiger partial charge < -0.3 is 20.1 Å². The van der Waals surface area contributed by atoms with E-state index in [9.17, 15) is 0 Å². The fourth-order valence-corrected chi connectivity index (χ4v) is 2.11. The highest BCUT2D eigenvalue weighted by atomic mass is 16.5. The zero-order valence-corrected chi connectivity index (χ0v) is 12.9. The lowest BCUT2D eigenvalue weighted by molar-refractivity contribution is 0.202. The van der Waals surface area contributed by atoms with Crippen molar-refractivity contribution in [3.8, 4) is 0 Å². The summed E-state index contributed by atoms with van der Waals surface area (Å²) in [4.78, 5) is 6.61. The van der Waals surface area contributed by atoms with Gasteiger partial charge in [0, 0.05) is 32.9 Å². The van der Waals surface area contributed by atoms with E-state index in [0.717, 1.165) is 37.4 Å². The molecule has 1 heterocycles. The van der Waals surface area contributed by atoms with Gasteiger partial charge in [0.15, 0.2) is 0 Å². The van der Waals surface area contributed by atoms with E-state index in [0.29, 0.717) is 13.2 Å². The largest absolute Gasteiger partial charge is 0.395 e. The maximum atomic E-state index is 9.17. The van der Waals surface area contributed by atoms with Gasteiger partial charge in [-0.3, -0.25) is 0 Å². The number of anilines is 1. The summed E-state index contributed by atoms with van der Waals surface area (Å²) in [6.45, 7) is 8.13. The van der Waals surface area contributed by atoms with Crippen molar-refractivity contribution in [1.82, 2.24) is 10.3 Å². The molecule has 5 heteroatoms. The number of methoxy groups -OCH3 is 1. The van der Waals surface area contributed by atoms with E-state index in [-0.39, 0.29) is 6.61 Å². The van der Waals surface area contributed by atoms with Crippen molar-refractivity contribution in [2.24, 2.45) is 0 Å². The highest BCUT2D eigenvalue weighted by Gasteiger charge is 2.10. The molecule has 0 radical (unpaired) electrons. The summed E-state index contributed by atoms with van der Waals surface area (Å²) in [6.07, 6.45) is 3.04. The lowest BCUT2D eigenvalue weighted by atomic mass is 10.2. The molecule has 0 atom stereocenters. The van der Waals surface area contributed by atoms with Gasteiger partial charge in [-0.15, -0.1) is 0 Å². The van der Waals surface area contributed by atoms with Crippen molar-refractivity contribution >= 4 is 5.82 Å². The lowest BCUT2D eigenvalue weighted by Crippen LogP contribution is -2.31. The predicted molar refractivity (Wildman–Crippen MR) is 82.1 cm³/mol. The normalized spacial score (nSPS) is 10.8. The molecular weight excluding hydrogens is 254 g/mol. The van der Waals surface area contributed by atoms with E-state index < -0.39 is 0 Å². The first-order valence-electron chi connectivity index (χ1n) is 7.23. The summed E-state index contributed by atoms with van der Waals surface area (Å²) in [5.41, 5.74) is 2.32. The van der Waals surface area contributed by atoms with Crippen LogP contribution in [0.25, 0.3) is 0 Å². The zero-order chi connectivity index (χ0) is 14.8. The van der Waals surface area contributed by atoms with Crippen LogP contribution in [-0.4, -0.2) is 50.0 Å². The van der Waals surface area contributed by atoms with Crippen molar-refractivity contribution in [3.05, 3.63) is 23.4 Å². The maximum Gasteiger partial charge on any atom is 0.131 e. The number of ether oxygens (including phenoxy) is 1. The van der Waals surface area contributed by atoms with Gasteiger partial charge in [-0.1, -0.05) is 6.92 Å². The Morgan fingerprint density at radius 1 is 1.40 bits per heavy atom. The molecule has 2 N–H and O–H groups in total. The van der Waals surface area contributed by atoms with Crippen LogP contribution in [0.4, 0.5) is 5.82 Å². The third-order valence-electron chi connectivity index (χ3n) is 3.10. The number of hydrogen-bond donors (Lipinski definition) is 2. The van der Waals surface area contributed by atoms with Crippen molar-refractivity contribution in [1.29, 1.82) is 0 Å². The van der Waals surface area contributed by atoms with Crippen LogP contribution in [0, 0.1) is 6.92 Å². The van der Waals surface area contributed by atoms with Crippen molar-refractivity contribution in [2.45, 2.75) is 26.8 Å². The molecule has 1 aromatic heterocycles. The Morgan fingerprint density at radius 2 is 2.20 bits per heavy atom. The predicted octanol–water partition coefficient (Wildman–Crippen LogP) is 1.33. The van der Waals surface area contributed by atoms with Crippen LogP contribution in [0.2, 0.25) is 0 Å². The minimum atomic E-state index is 0.116. The number of nitrogens with zero attached hydrogens (tertiary/aromatic N) is 2. The highest BCUT2D eigenvalue weighted by molar-refractivity contribution is 5.47. The van der Waals surface area contributed by atoms with Crippen LogP contribution in [0.3, 0.4) is 0 Å². The Balaban J connectivity index is 2.72. The molecule has 0 fully saturated rings. The van der Waals surface area contributed by atoms with Crippen LogP contribution in [0.1, 0.15) is 24.5 Å². The molecule has 0 aromatic carbocycles. The van der Waals surface area contributed by atoms with Crippen LogP contribution in [-0.2, 0) is 11.3 Å². The van der Waals surface area contributed by atoms with Crippen molar-refractivity contribution < 1.29 is 9.84 Å². The number of aromatic nitrogens is 1. The molecule has 0 unspecified atom stereocenters. The van der Waals surface area contributed by atoms with Gasteiger partial charge >= 0.3 is 0 Å². The third-order valence-corrected chi connectivity index (χ3v) is 3.10. The molecule has 0 bridgehead atoms. The number of rotatable bonds is 10. The van der Waals surface area contributed by atoms with Gasteiger partial charge in [-0.2, -0.15) is 0 Å². The molecule has 5 nitrogen and oxygen atoms in total. The first-order chi connectivity index (χ1) is 9.72. The lowest BCUT2D eigenvalue weighted by Gasteiger charge is -2.24. The fourth-order valence-electron chi connectivity index (χ4n) is 2.11. The Morgan fingerprint density at radius 3 is 2.80 bits per heavy atom. The molecule has 0 saturated carbocycles. The zero-order valence-electron chi connectivity index (χ0n) is 12.9. The molecule has 0 saturated heterocycles. The standard InChI is InChI=1S/C15H27N3O2/c1-4-5-16-11-14-10-13(2)15(17-12-14)18(6-8-19)7-9-20-3/h10,12,16,19H,4-9,11H2,1-3H3. The van der Waals surface area contributed by atoms with Gasteiger partial charge in [0.05, 0.1) is 13.2 Å². The SMILES string of the molecule is CCCNCc1cnc(N(CCO)CCOC)c(C)c1. The molecule has 0 aliphatic carbocycles. The molecule has 0 aliphatic rings. The second-order valence-corrected chi connectivity index (χ2v) is 4.86. The Bertz CT molecular complexity index is 385. The quantitative estimate of drug-likeness (QED) is 0.634. The van der Waals surface area contributed by atoms with Gasteiger partial charge in [0.25, 0.3) is 0 Å². The summed E-state index contributed by atoms with van der Waals surface area (Å²) < 4.78 is 5.11. The van der Waals surface area contributed by atoms with E-state index in [4.69, 9.17) is 9.84 Å². The van der Waals surface area contributed by atoms with E-state index in [2.05, 4.69) is 35.1 Å². The van der Waals surface area contributed by atoms with Crippen molar-refractivity contribution in [2.75, 3.05) is 44.9 Å². The van der Waals surface area contributed by atoms with E-state index in [1.165, 1.54) is 5.56 Å². The maximum absolute atomic E-state index is 9.17. The summed E-state index contributed by atoms with van der Waals surface area (Å²) >= 11 is 0. The number of aliphatic hydroxyl groups excluding tert-OH is 1. The second kappa shape index (κ2) is 9.69. The fraction of sp³-hybridized carbons (Fsp3) is 0.667. The van der Waals surface area contributed by atoms with E-state index in [1.807, 2.05) is 6.20 Å². The number of nitrogens with one attached hydrogen (secondary N) is 1. The second-order valence-electron chi connectivity index (χ2n) is 4.86. The van der Waals surface area contributed by atoms with E-state index >= 15 is 0 Å². The van der Waals surface area contributed by atoms with Crippen LogP contribution in [0.5, 0.6) is 0 Å². The molecule has 1 rings (SSSR count).